The Kier molecular flexibility index (Phi) is 5.79. The van der Waals surface area contributed by atoms with Gasteiger partial charge in [-0.15, -0.1) is 0 Å². The molecule has 1 aromatic rings. The largest absolute Gasteiger partial charge is 0.496 e. The predicted molar refractivity (Wildman–Crippen MR) is 78.1 cm³/mol. The van der Waals surface area contributed by atoms with Crippen molar-refractivity contribution in [2.75, 3.05) is 20.2 Å². The van der Waals surface area contributed by atoms with Crippen LogP contribution in [0.3, 0.4) is 0 Å². The van der Waals surface area contributed by atoms with E-state index in [0.717, 1.165) is 24.4 Å². The van der Waals surface area contributed by atoms with Crippen molar-refractivity contribution >= 4 is 0 Å². The van der Waals surface area contributed by atoms with Crippen LogP contribution < -0.4 is 10.5 Å². The third-order valence-corrected chi connectivity index (χ3v) is 3.04. The Morgan fingerprint density at radius 3 is 2.53 bits per heavy atom. The number of hydrogen-bond acceptors (Lipinski definition) is 4. The molecule has 0 aliphatic heterocycles. The van der Waals surface area contributed by atoms with Crippen molar-refractivity contribution in [3.8, 4) is 5.75 Å². The number of aliphatic hydroxyl groups is 1. The minimum atomic E-state index is -0.683. The zero-order valence-electron chi connectivity index (χ0n) is 12.4. The summed E-state index contributed by atoms with van der Waals surface area (Å²) in [6, 6.07) is 6.10. The molecule has 4 nitrogen and oxygen atoms in total. The summed E-state index contributed by atoms with van der Waals surface area (Å²) in [5.41, 5.74) is 7.16. The molecule has 0 unspecified atom stereocenters. The van der Waals surface area contributed by atoms with Crippen LogP contribution in [0.4, 0.5) is 0 Å². The van der Waals surface area contributed by atoms with Crippen LogP contribution in [0.2, 0.25) is 0 Å². The quantitative estimate of drug-likeness (QED) is 0.789. The average Bonchev–Trinajstić information content (AvgIpc) is 2.36. The molecule has 0 aliphatic carbocycles. The molecule has 0 spiro atoms. The second kappa shape index (κ2) is 6.89. The van der Waals surface area contributed by atoms with Gasteiger partial charge in [0.2, 0.25) is 0 Å². The summed E-state index contributed by atoms with van der Waals surface area (Å²) in [4.78, 5) is 2.21. The maximum atomic E-state index is 9.90. The Balaban J connectivity index is 2.80. The van der Waals surface area contributed by atoms with Gasteiger partial charge in [0.15, 0.2) is 0 Å². The lowest BCUT2D eigenvalue weighted by molar-refractivity contribution is 0.0353. The normalized spacial score (nSPS) is 11.9. The molecule has 4 heteroatoms. The molecule has 3 N–H and O–H groups in total. The van der Waals surface area contributed by atoms with Crippen LogP contribution in [0.15, 0.2) is 18.2 Å². The molecular formula is C15H26N2O2. The van der Waals surface area contributed by atoms with Crippen LogP contribution in [0.25, 0.3) is 0 Å². The molecule has 0 saturated carbocycles. The first-order valence-corrected chi connectivity index (χ1v) is 6.70. The summed E-state index contributed by atoms with van der Waals surface area (Å²) in [6.45, 7) is 8.56. The van der Waals surface area contributed by atoms with E-state index in [4.69, 9.17) is 10.5 Å². The molecule has 0 bridgehead atoms. The van der Waals surface area contributed by atoms with Gasteiger partial charge >= 0.3 is 0 Å². The Bertz CT molecular complexity index is 400. The molecule has 0 fully saturated rings. The van der Waals surface area contributed by atoms with Gasteiger partial charge in [0.05, 0.1) is 12.7 Å². The Morgan fingerprint density at radius 1 is 1.37 bits per heavy atom. The Labute approximate surface area is 116 Å². The Morgan fingerprint density at radius 2 is 2.05 bits per heavy atom. The van der Waals surface area contributed by atoms with E-state index in [-0.39, 0.29) is 0 Å². The van der Waals surface area contributed by atoms with E-state index in [9.17, 15) is 5.11 Å². The first kappa shape index (κ1) is 16.0. The van der Waals surface area contributed by atoms with Gasteiger partial charge in [-0.2, -0.15) is 0 Å². The lowest BCUT2D eigenvalue weighted by atomic mass is 10.1. The second-order valence-corrected chi connectivity index (χ2v) is 5.47. The zero-order chi connectivity index (χ0) is 14.5. The van der Waals surface area contributed by atoms with E-state index in [2.05, 4.69) is 17.9 Å². The van der Waals surface area contributed by atoms with Gasteiger partial charge in [-0.05, 0) is 32.0 Å². The van der Waals surface area contributed by atoms with Gasteiger partial charge in [0.1, 0.15) is 5.75 Å². The minimum Gasteiger partial charge on any atom is -0.496 e. The molecule has 1 aromatic carbocycles. The molecule has 19 heavy (non-hydrogen) atoms. The monoisotopic (exact) mass is 266 g/mol. The van der Waals surface area contributed by atoms with Gasteiger partial charge in [-0.25, -0.2) is 0 Å². The van der Waals surface area contributed by atoms with Gasteiger partial charge in [0.25, 0.3) is 0 Å². The number of nitrogens with two attached hydrogens (primary N) is 1. The van der Waals surface area contributed by atoms with Crippen LogP contribution >= 0.6 is 0 Å². The van der Waals surface area contributed by atoms with E-state index < -0.39 is 5.60 Å². The van der Waals surface area contributed by atoms with E-state index >= 15 is 0 Å². The summed E-state index contributed by atoms with van der Waals surface area (Å²) in [7, 11) is 1.66. The van der Waals surface area contributed by atoms with Crippen molar-refractivity contribution < 1.29 is 9.84 Å². The van der Waals surface area contributed by atoms with Crippen molar-refractivity contribution in [2.45, 2.75) is 39.5 Å². The van der Waals surface area contributed by atoms with Crippen molar-refractivity contribution in [2.24, 2.45) is 5.73 Å². The molecular weight excluding hydrogens is 240 g/mol. The highest BCUT2D eigenvalue weighted by molar-refractivity contribution is 5.37. The zero-order valence-corrected chi connectivity index (χ0v) is 12.4. The van der Waals surface area contributed by atoms with E-state index in [1.54, 1.807) is 7.11 Å². The first-order chi connectivity index (χ1) is 8.89. The second-order valence-electron chi connectivity index (χ2n) is 5.47. The molecule has 108 valence electrons. The number of likely N-dealkylation sites (N-methyl/N-ethyl adjacent to an activating group) is 1. The van der Waals surface area contributed by atoms with Crippen LogP contribution in [0.5, 0.6) is 5.75 Å². The fourth-order valence-electron chi connectivity index (χ4n) is 2.14. The summed E-state index contributed by atoms with van der Waals surface area (Å²) >= 11 is 0. The Hall–Kier alpha value is -1.10. The standard InChI is InChI=1S/C15H26N2O2/c1-5-17(11-15(2,3)18)10-12-6-7-13(9-16)14(8-12)19-4/h6-8,18H,5,9-11,16H2,1-4H3. The summed E-state index contributed by atoms with van der Waals surface area (Å²) in [5, 5.41) is 9.90. The number of rotatable bonds is 7. The number of methoxy groups -OCH3 is 1. The predicted octanol–water partition coefficient (Wildman–Crippen LogP) is 1.75. The van der Waals surface area contributed by atoms with Gasteiger partial charge in [0, 0.05) is 25.2 Å². The fraction of sp³-hybridized carbons (Fsp3) is 0.600. The molecule has 1 rings (SSSR count). The smallest absolute Gasteiger partial charge is 0.123 e. The summed E-state index contributed by atoms with van der Waals surface area (Å²) in [5.74, 6) is 0.833. The van der Waals surface area contributed by atoms with Crippen LogP contribution in [-0.4, -0.2) is 35.8 Å². The van der Waals surface area contributed by atoms with E-state index in [0.29, 0.717) is 13.1 Å². The van der Waals surface area contributed by atoms with E-state index in [1.165, 1.54) is 5.56 Å². The van der Waals surface area contributed by atoms with Crippen molar-refractivity contribution in [1.29, 1.82) is 0 Å². The lowest BCUT2D eigenvalue weighted by Gasteiger charge is -2.28. The van der Waals surface area contributed by atoms with Crippen molar-refractivity contribution in [1.82, 2.24) is 4.90 Å². The molecule has 0 radical (unpaired) electrons. The third kappa shape index (κ3) is 5.19. The highest BCUT2D eigenvalue weighted by Gasteiger charge is 2.17. The van der Waals surface area contributed by atoms with Crippen molar-refractivity contribution in [3.63, 3.8) is 0 Å². The highest BCUT2D eigenvalue weighted by atomic mass is 16.5. The molecule has 0 aliphatic rings. The number of nitrogens with zero attached hydrogens (tertiary/aromatic N) is 1. The van der Waals surface area contributed by atoms with Gasteiger partial charge in [-0.3, -0.25) is 4.90 Å². The molecule has 0 saturated heterocycles. The molecule has 0 atom stereocenters. The topological polar surface area (TPSA) is 58.7 Å². The minimum absolute atomic E-state index is 0.477. The maximum Gasteiger partial charge on any atom is 0.123 e. The SMILES string of the molecule is CCN(Cc1ccc(CN)c(OC)c1)CC(C)(C)O. The molecule has 0 aromatic heterocycles. The average molecular weight is 266 g/mol. The fourth-order valence-corrected chi connectivity index (χ4v) is 2.14. The third-order valence-electron chi connectivity index (χ3n) is 3.04. The van der Waals surface area contributed by atoms with Gasteiger partial charge < -0.3 is 15.6 Å². The number of ether oxygens (including phenoxy) is 1. The maximum absolute atomic E-state index is 9.90. The molecule has 0 heterocycles. The van der Waals surface area contributed by atoms with Gasteiger partial charge in [-0.1, -0.05) is 19.1 Å². The lowest BCUT2D eigenvalue weighted by Crippen LogP contribution is -2.38. The number of hydrogen-bond donors (Lipinski definition) is 2. The van der Waals surface area contributed by atoms with Crippen LogP contribution in [0, 0.1) is 0 Å². The van der Waals surface area contributed by atoms with Crippen LogP contribution in [-0.2, 0) is 13.1 Å². The summed E-state index contributed by atoms with van der Waals surface area (Å²) < 4.78 is 5.35. The highest BCUT2D eigenvalue weighted by Crippen LogP contribution is 2.21. The van der Waals surface area contributed by atoms with Crippen molar-refractivity contribution in [3.05, 3.63) is 29.3 Å². The molecule has 0 amide bonds. The van der Waals surface area contributed by atoms with E-state index in [1.807, 2.05) is 26.0 Å². The number of benzene rings is 1. The van der Waals surface area contributed by atoms with Crippen LogP contribution in [0.1, 0.15) is 31.9 Å². The summed E-state index contributed by atoms with van der Waals surface area (Å²) in [6.07, 6.45) is 0. The first-order valence-electron chi connectivity index (χ1n) is 6.70.